The maximum absolute atomic E-state index is 14.8. The molecular formula is C22H31F2N3O2. The second-order valence-corrected chi connectivity index (χ2v) is 8.67. The van der Waals surface area contributed by atoms with Gasteiger partial charge in [-0.3, -0.25) is 9.69 Å². The lowest BCUT2D eigenvalue weighted by molar-refractivity contribution is -0.170. The molecule has 5 nitrogen and oxygen atoms in total. The summed E-state index contributed by atoms with van der Waals surface area (Å²) in [5, 5.41) is 0. The molecule has 7 heteroatoms. The molecule has 3 fully saturated rings. The van der Waals surface area contributed by atoms with Gasteiger partial charge in [0.15, 0.2) is 0 Å². The average molecular weight is 408 g/mol. The van der Waals surface area contributed by atoms with Crippen molar-refractivity contribution in [3.05, 3.63) is 29.8 Å². The summed E-state index contributed by atoms with van der Waals surface area (Å²) in [5.41, 5.74) is 1.17. The van der Waals surface area contributed by atoms with E-state index in [2.05, 4.69) is 11.0 Å². The zero-order valence-corrected chi connectivity index (χ0v) is 17.2. The molecule has 3 heterocycles. The predicted octanol–water partition coefficient (Wildman–Crippen LogP) is 2.99. The van der Waals surface area contributed by atoms with Crippen molar-refractivity contribution >= 4 is 11.6 Å². The summed E-state index contributed by atoms with van der Waals surface area (Å²) in [7, 11) is 0. The molecule has 0 N–H and O–H groups in total. The highest BCUT2D eigenvalue weighted by Gasteiger charge is 2.54. The Balaban J connectivity index is 1.57. The highest BCUT2D eigenvalue weighted by molar-refractivity contribution is 5.84. The van der Waals surface area contributed by atoms with Gasteiger partial charge in [0.1, 0.15) is 0 Å². The lowest BCUT2D eigenvalue weighted by Crippen LogP contribution is -2.60. The number of carbonyl (C=O) groups is 1. The number of hydrogen-bond donors (Lipinski definition) is 0. The SMILES string of the molecule is CCN1CCC[C@@]2(CN(Cc3ccccc3N3CCOCC3)CC(F)(F)C2)C1=O. The van der Waals surface area contributed by atoms with E-state index >= 15 is 0 Å². The third kappa shape index (κ3) is 4.26. The Morgan fingerprint density at radius 3 is 2.62 bits per heavy atom. The molecule has 4 rings (SSSR count). The quantitative estimate of drug-likeness (QED) is 0.769. The van der Waals surface area contributed by atoms with Crippen LogP contribution in [0.4, 0.5) is 14.5 Å². The first-order valence-corrected chi connectivity index (χ1v) is 10.7. The molecule has 29 heavy (non-hydrogen) atoms. The predicted molar refractivity (Wildman–Crippen MR) is 108 cm³/mol. The number of morpholine rings is 1. The van der Waals surface area contributed by atoms with E-state index in [0.717, 1.165) is 30.8 Å². The number of hydrogen-bond acceptors (Lipinski definition) is 4. The number of likely N-dealkylation sites (tertiary alicyclic amines) is 2. The van der Waals surface area contributed by atoms with Gasteiger partial charge in [-0.1, -0.05) is 18.2 Å². The van der Waals surface area contributed by atoms with Crippen LogP contribution in [0.3, 0.4) is 0 Å². The van der Waals surface area contributed by atoms with Gasteiger partial charge in [0.25, 0.3) is 5.92 Å². The van der Waals surface area contributed by atoms with Crippen LogP contribution in [0.15, 0.2) is 24.3 Å². The second kappa shape index (κ2) is 8.19. The molecule has 0 radical (unpaired) electrons. The van der Waals surface area contributed by atoms with Gasteiger partial charge in [-0.25, -0.2) is 8.78 Å². The lowest BCUT2D eigenvalue weighted by atomic mass is 9.71. The first-order chi connectivity index (χ1) is 13.9. The van der Waals surface area contributed by atoms with Gasteiger partial charge in [-0.2, -0.15) is 0 Å². The van der Waals surface area contributed by atoms with Gasteiger partial charge in [0, 0.05) is 51.4 Å². The summed E-state index contributed by atoms with van der Waals surface area (Å²) in [5.74, 6) is -2.93. The maximum Gasteiger partial charge on any atom is 0.261 e. The van der Waals surface area contributed by atoms with Crippen molar-refractivity contribution in [2.45, 2.75) is 38.7 Å². The van der Waals surface area contributed by atoms with E-state index in [-0.39, 0.29) is 18.9 Å². The Hall–Kier alpha value is -1.73. The van der Waals surface area contributed by atoms with Crippen LogP contribution < -0.4 is 4.90 Å². The van der Waals surface area contributed by atoms with E-state index < -0.39 is 11.3 Å². The monoisotopic (exact) mass is 407 g/mol. The van der Waals surface area contributed by atoms with E-state index in [1.807, 2.05) is 25.1 Å². The summed E-state index contributed by atoms with van der Waals surface area (Å²) in [4.78, 5) is 18.9. The van der Waals surface area contributed by atoms with Crippen LogP contribution in [0.2, 0.25) is 0 Å². The smallest absolute Gasteiger partial charge is 0.261 e. The van der Waals surface area contributed by atoms with Crippen molar-refractivity contribution in [2.24, 2.45) is 5.41 Å². The molecule has 0 bridgehead atoms. The fourth-order valence-electron chi connectivity index (χ4n) is 5.29. The molecule has 3 aliphatic rings. The highest BCUT2D eigenvalue weighted by Crippen LogP contribution is 2.45. The van der Waals surface area contributed by atoms with Crippen molar-refractivity contribution in [3.63, 3.8) is 0 Å². The van der Waals surface area contributed by atoms with Crippen LogP contribution in [-0.2, 0) is 16.1 Å². The molecule has 1 aromatic carbocycles. The number of halogens is 2. The molecule has 0 saturated carbocycles. The van der Waals surface area contributed by atoms with Crippen LogP contribution in [0.25, 0.3) is 0 Å². The van der Waals surface area contributed by atoms with Crippen molar-refractivity contribution in [1.29, 1.82) is 0 Å². The molecule has 3 aliphatic heterocycles. The summed E-state index contributed by atoms with van der Waals surface area (Å²) in [6.07, 6.45) is 1.03. The van der Waals surface area contributed by atoms with Crippen molar-refractivity contribution < 1.29 is 18.3 Å². The highest BCUT2D eigenvalue weighted by atomic mass is 19.3. The standard InChI is InChI=1S/C22H31F2N3O2/c1-2-26-9-5-8-21(20(26)28)15-22(23,24)17-25(16-21)14-18-6-3-4-7-19(18)27-10-12-29-13-11-27/h3-4,6-7H,2,5,8-17H2,1H3/t21-/m1/s1. The second-order valence-electron chi connectivity index (χ2n) is 8.67. The fraction of sp³-hybridized carbons (Fsp3) is 0.682. The molecule has 1 atom stereocenters. The molecule has 1 amide bonds. The van der Waals surface area contributed by atoms with E-state index in [4.69, 9.17) is 4.74 Å². The normalized spacial score (nSPS) is 28.2. The molecule has 0 aromatic heterocycles. The van der Waals surface area contributed by atoms with E-state index in [9.17, 15) is 13.6 Å². The summed E-state index contributed by atoms with van der Waals surface area (Å²) in [6.45, 7) is 6.73. The van der Waals surface area contributed by atoms with Gasteiger partial charge in [0.2, 0.25) is 5.91 Å². The topological polar surface area (TPSA) is 36.0 Å². The molecule has 1 aromatic rings. The van der Waals surface area contributed by atoms with Crippen LogP contribution in [0.5, 0.6) is 0 Å². The Morgan fingerprint density at radius 1 is 1.10 bits per heavy atom. The molecule has 0 unspecified atom stereocenters. The minimum atomic E-state index is -2.85. The van der Waals surface area contributed by atoms with Crippen molar-refractivity contribution in [2.75, 3.05) is 57.4 Å². The molecule has 0 aliphatic carbocycles. The van der Waals surface area contributed by atoms with E-state index in [0.29, 0.717) is 45.8 Å². The van der Waals surface area contributed by atoms with Crippen LogP contribution >= 0.6 is 0 Å². The van der Waals surface area contributed by atoms with Gasteiger partial charge in [-0.15, -0.1) is 0 Å². The largest absolute Gasteiger partial charge is 0.378 e. The van der Waals surface area contributed by atoms with Crippen LogP contribution in [0.1, 0.15) is 31.7 Å². The Bertz CT molecular complexity index is 739. The van der Waals surface area contributed by atoms with Crippen LogP contribution in [-0.4, -0.2) is 74.1 Å². The Kier molecular flexibility index (Phi) is 5.80. The first kappa shape index (κ1) is 20.5. The molecule has 1 spiro atoms. The van der Waals surface area contributed by atoms with E-state index in [1.54, 1.807) is 9.80 Å². The molecule has 3 saturated heterocycles. The van der Waals surface area contributed by atoms with E-state index in [1.165, 1.54) is 0 Å². The van der Waals surface area contributed by atoms with Crippen LogP contribution in [0, 0.1) is 5.41 Å². The average Bonchev–Trinajstić information content (AvgIpc) is 2.70. The third-order valence-electron chi connectivity index (χ3n) is 6.52. The van der Waals surface area contributed by atoms with Gasteiger partial charge in [-0.05, 0) is 31.4 Å². The number of carbonyl (C=O) groups excluding carboxylic acids is 1. The number of benzene rings is 1. The number of ether oxygens (including phenoxy) is 1. The lowest BCUT2D eigenvalue weighted by Gasteiger charge is -2.49. The minimum Gasteiger partial charge on any atom is -0.378 e. The third-order valence-corrected chi connectivity index (χ3v) is 6.52. The number of amides is 1. The zero-order chi connectivity index (χ0) is 20.5. The number of rotatable bonds is 4. The first-order valence-electron chi connectivity index (χ1n) is 10.7. The number of piperidine rings is 2. The number of nitrogens with zero attached hydrogens (tertiary/aromatic N) is 3. The fourth-order valence-corrected chi connectivity index (χ4v) is 5.29. The Morgan fingerprint density at radius 2 is 1.86 bits per heavy atom. The number of para-hydroxylation sites is 1. The summed E-state index contributed by atoms with van der Waals surface area (Å²) >= 11 is 0. The summed E-state index contributed by atoms with van der Waals surface area (Å²) < 4.78 is 35.1. The van der Waals surface area contributed by atoms with Crippen molar-refractivity contribution in [1.82, 2.24) is 9.80 Å². The van der Waals surface area contributed by atoms with Crippen molar-refractivity contribution in [3.8, 4) is 0 Å². The number of alkyl halides is 2. The van der Waals surface area contributed by atoms with Gasteiger partial charge in [0.05, 0.1) is 25.2 Å². The summed E-state index contributed by atoms with van der Waals surface area (Å²) in [6, 6.07) is 8.03. The van der Waals surface area contributed by atoms with Gasteiger partial charge >= 0.3 is 0 Å². The van der Waals surface area contributed by atoms with Gasteiger partial charge < -0.3 is 14.5 Å². The minimum absolute atomic E-state index is 0.0860. The zero-order valence-electron chi connectivity index (χ0n) is 17.2. The molecular weight excluding hydrogens is 376 g/mol. The maximum atomic E-state index is 14.8. The Labute approximate surface area is 171 Å². The molecule has 160 valence electrons. The number of anilines is 1.